The van der Waals surface area contributed by atoms with Crippen LogP contribution in [0.3, 0.4) is 0 Å². The summed E-state index contributed by atoms with van der Waals surface area (Å²) in [5, 5.41) is 1.93. The third-order valence-corrected chi connectivity index (χ3v) is 6.96. The summed E-state index contributed by atoms with van der Waals surface area (Å²) in [6.45, 7) is 0.678. The van der Waals surface area contributed by atoms with Crippen molar-refractivity contribution in [2.45, 2.75) is 38.1 Å². The zero-order chi connectivity index (χ0) is 25.3. The van der Waals surface area contributed by atoms with Gasteiger partial charge in [-0.05, 0) is 66.2 Å². The van der Waals surface area contributed by atoms with Crippen molar-refractivity contribution in [3.8, 4) is 11.5 Å². The van der Waals surface area contributed by atoms with Crippen LogP contribution in [0.4, 0.5) is 13.2 Å². The minimum Gasteiger partial charge on any atom is -0.454 e. The predicted octanol–water partition coefficient (Wildman–Crippen LogP) is 5.33. The first-order valence-electron chi connectivity index (χ1n) is 11.4. The van der Waals surface area contributed by atoms with Gasteiger partial charge in [-0.2, -0.15) is 13.2 Å². The summed E-state index contributed by atoms with van der Waals surface area (Å²) in [6, 6.07) is 13.4. The summed E-state index contributed by atoms with van der Waals surface area (Å²) >= 11 is 1.53. The molecule has 1 fully saturated rings. The van der Waals surface area contributed by atoms with E-state index in [2.05, 4.69) is 0 Å². The maximum absolute atomic E-state index is 13.5. The summed E-state index contributed by atoms with van der Waals surface area (Å²) in [4.78, 5) is 30.9. The van der Waals surface area contributed by atoms with Crippen LogP contribution in [-0.2, 0) is 24.1 Å². The molecule has 1 aliphatic carbocycles. The molecule has 0 spiro atoms. The molecule has 0 saturated heterocycles. The number of amides is 2. The highest BCUT2D eigenvalue weighted by atomic mass is 32.1. The van der Waals surface area contributed by atoms with E-state index in [4.69, 9.17) is 9.47 Å². The molecule has 36 heavy (non-hydrogen) atoms. The molecule has 188 valence electrons. The van der Waals surface area contributed by atoms with E-state index in [1.165, 1.54) is 28.4 Å². The van der Waals surface area contributed by atoms with Crippen molar-refractivity contribution in [1.82, 2.24) is 9.80 Å². The van der Waals surface area contributed by atoms with Gasteiger partial charge >= 0.3 is 6.18 Å². The van der Waals surface area contributed by atoms with Crippen LogP contribution in [0.5, 0.6) is 11.5 Å². The average Bonchev–Trinajstić information content (AvgIpc) is 3.36. The number of carbonyl (C=O) groups is 2. The first kappa shape index (κ1) is 24.2. The van der Waals surface area contributed by atoms with Crippen molar-refractivity contribution >= 4 is 23.2 Å². The van der Waals surface area contributed by atoms with E-state index >= 15 is 0 Å². The Labute approximate surface area is 209 Å². The summed E-state index contributed by atoms with van der Waals surface area (Å²) in [5.41, 5.74) is 0.165. The molecule has 0 N–H and O–H groups in total. The molecule has 2 heterocycles. The van der Waals surface area contributed by atoms with Gasteiger partial charge in [0, 0.05) is 23.0 Å². The molecule has 2 amide bonds. The second-order valence-electron chi connectivity index (χ2n) is 8.76. The van der Waals surface area contributed by atoms with Crippen LogP contribution in [0.15, 0.2) is 60.0 Å². The normalized spacial score (nSPS) is 14.5. The van der Waals surface area contributed by atoms with Gasteiger partial charge in [-0.3, -0.25) is 9.59 Å². The van der Waals surface area contributed by atoms with E-state index in [9.17, 15) is 22.8 Å². The molecule has 3 aromatic rings. The summed E-state index contributed by atoms with van der Waals surface area (Å²) < 4.78 is 49.6. The SMILES string of the molecule is O=C(CN(C(=O)c1ccc(C(F)(F)F)cc1)C1CC1)N(Cc1ccc2c(c1)OCO2)Cc1cccs1. The number of ether oxygens (including phenoxy) is 2. The van der Waals surface area contributed by atoms with Crippen molar-refractivity contribution in [3.63, 3.8) is 0 Å². The zero-order valence-corrected chi connectivity index (χ0v) is 20.0. The molecule has 0 unspecified atom stereocenters. The van der Waals surface area contributed by atoms with E-state index < -0.39 is 17.6 Å². The fourth-order valence-electron chi connectivity index (χ4n) is 4.05. The molecule has 10 heteroatoms. The van der Waals surface area contributed by atoms with E-state index in [0.29, 0.717) is 24.6 Å². The van der Waals surface area contributed by atoms with E-state index in [1.54, 1.807) is 11.0 Å². The number of carbonyl (C=O) groups excluding carboxylic acids is 2. The lowest BCUT2D eigenvalue weighted by molar-refractivity contribution is -0.137. The van der Waals surface area contributed by atoms with Crippen LogP contribution in [0, 0.1) is 0 Å². The molecule has 2 aliphatic rings. The highest BCUT2D eigenvalue weighted by Crippen LogP contribution is 2.34. The number of thiophene rings is 1. The van der Waals surface area contributed by atoms with Crippen LogP contribution in [0.1, 0.15) is 39.2 Å². The third kappa shape index (κ3) is 5.48. The largest absolute Gasteiger partial charge is 0.454 e. The fourth-order valence-corrected chi connectivity index (χ4v) is 4.77. The van der Waals surface area contributed by atoms with Crippen LogP contribution in [-0.4, -0.2) is 41.0 Å². The number of fused-ring (bicyclic) bond motifs is 1. The molecule has 1 aliphatic heterocycles. The van der Waals surface area contributed by atoms with Gasteiger partial charge in [0.2, 0.25) is 12.7 Å². The molecule has 1 saturated carbocycles. The van der Waals surface area contributed by atoms with Crippen molar-refractivity contribution in [3.05, 3.63) is 81.5 Å². The molecule has 1 aromatic heterocycles. The Morgan fingerprint density at radius 2 is 1.72 bits per heavy atom. The number of rotatable bonds is 8. The number of hydrogen-bond acceptors (Lipinski definition) is 5. The van der Waals surface area contributed by atoms with Gasteiger partial charge in [-0.25, -0.2) is 0 Å². The molecular formula is C26H23F3N2O4S. The minimum absolute atomic E-state index is 0.0992. The van der Waals surface area contributed by atoms with Gasteiger partial charge in [-0.1, -0.05) is 12.1 Å². The van der Waals surface area contributed by atoms with Gasteiger partial charge < -0.3 is 19.3 Å². The molecule has 0 bridgehead atoms. The molecule has 0 atom stereocenters. The first-order valence-corrected chi connectivity index (χ1v) is 12.3. The molecule has 2 aromatic carbocycles. The number of benzene rings is 2. The third-order valence-electron chi connectivity index (χ3n) is 6.10. The van der Waals surface area contributed by atoms with Gasteiger partial charge in [0.1, 0.15) is 6.54 Å². The predicted molar refractivity (Wildman–Crippen MR) is 127 cm³/mol. The van der Waals surface area contributed by atoms with Crippen LogP contribution in [0.25, 0.3) is 0 Å². The first-order chi connectivity index (χ1) is 17.3. The molecule has 5 rings (SSSR count). The Hall–Kier alpha value is -3.53. The number of hydrogen-bond donors (Lipinski definition) is 0. The monoisotopic (exact) mass is 516 g/mol. The lowest BCUT2D eigenvalue weighted by atomic mass is 10.1. The summed E-state index contributed by atoms with van der Waals surface area (Å²) in [5.74, 6) is 0.581. The Morgan fingerprint density at radius 3 is 2.39 bits per heavy atom. The Bertz CT molecular complexity index is 1240. The molecular weight excluding hydrogens is 493 g/mol. The highest BCUT2D eigenvalue weighted by molar-refractivity contribution is 7.09. The van der Waals surface area contributed by atoms with Gasteiger partial charge in [0.25, 0.3) is 5.91 Å². The molecule has 6 nitrogen and oxygen atoms in total. The number of halogens is 3. The second kappa shape index (κ2) is 9.85. The fraction of sp³-hybridized carbons (Fsp3) is 0.308. The van der Waals surface area contributed by atoms with E-state index in [-0.39, 0.29) is 30.9 Å². The topological polar surface area (TPSA) is 59.1 Å². The number of alkyl halides is 3. The Balaban J connectivity index is 1.34. The highest BCUT2D eigenvalue weighted by Gasteiger charge is 2.36. The zero-order valence-electron chi connectivity index (χ0n) is 19.2. The average molecular weight is 517 g/mol. The Kier molecular flexibility index (Phi) is 6.61. The van der Waals surface area contributed by atoms with Crippen molar-refractivity contribution in [1.29, 1.82) is 0 Å². The Morgan fingerprint density at radius 1 is 0.972 bits per heavy atom. The smallest absolute Gasteiger partial charge is 0.416 e. The second-order valence-corrected chi connectivity index (χ2v) is 9.79. The van der Waals surface area contributed by atoms with Crippen molar-refractivity contribution < 1.29 is 32.2 Å². The van der Waals surface area contributed by atoms with E-state index in [1.807, 2.05) is 29.6 Å². The van der Waals surface area contributed by atoms with Gasteiger partial charge in [0.05, 0.1) is 12.1 Å². The lowest BCUT2D eigenvalue weighted by Crippen LogP contribution is -2.43. The quantitative estimate of drug-likeness (QED) is 0.406. The van der Waals surface area contributed by atoms with Crippen molar-refractivity contribution in [2.24, 2.45) is 0 Å². The van der Waals surface area contributed by atoms with Crippen molar-refractivity contribution in [2.75, 3.05) is 13.3 Å². The maximum atomic E-state index is 13.5. The number of nitrogens with zero attached hydrogens (tertiary/aromatic N) is 2. The maximum Gasteiger partial charge on any atom is 0.416 e. The molecule has 0 radical (unpaired) electrons. The van der Waals surface area contributed by atoms with E-state index in [0.717, 1.165) is 35.4 Å². The summed E-state index contributed by atoms with van der Waals surface area (Å²) in [7, 11) is 0. The van der Waals surface area contributed by atoms with Gasteiger partial charge in [-0.15, -0.1) is 11.3 Å². The summed E-state index contributed by atoms with van der Waals surface area (Å²) in [6.07, 6.45) is -2.97. The standard InChI is InChI=1S/C26H23F3N2O4S/c27-26(28,29)19-6-4-18(5-7-19)25(33)31(20-8-9-20)15-24(32)30(14-21-2-1-11-36-21)13-17-3-10-22-23(12-17)35-16-34-22/h1-7,10-12,20H,8-9,13-16H2. The van der Waals surface area contributed by atoms with Crippen LogP contribution >= 0.6 is 11.3 Å². The van der Waals surface area contributed by atoms with Crippen LogP contribution < -0.4 is 9.47 Å². The van der Waals surface area contributed by atoms with Gasteiger partial charge in [0.15, 0.2) is 11.5 Å². The lowest BCUT2D eigenvalue weighted by Gasteiger charge is -2.28. The van der Waals surface area contributed by atoms with Crippen LogP contribution in [0.2, 0.25) is 0 Å². The minimum atomic E-state index is -4.48.